The van der Waals surface area contributed by atoms with Crippen molar-refractivity contribution < 1.29 is 5.11 Å². The van der Waals surface area contributed by atoms with Gasteiger partial charge in [0.15, 0.2) is 0 Å². The van der Waals surface area contributed by atoms with E-state index in [0.29, 0.717) is 12.5 Å². The first kappa shape index (κ1) is 14.5. The van der Waals surface area contributed by atoms with Crippen LogP contribution in [0.4, 0.5) is 0 Å². The largest absolute Gasteiger partial charge is 0.396 e. The minimum atomic E-state index is 0.346. The SMILES string of the molecule is CC.CCCC(CC)C(C)CO. The van der Waals surface area contributed by atoms with Gasteiger partial charge in [-0.15, -0.1) is 0 Å². The Balaban J connectivity index is 0. The molecule has 0 aromatic carbocycles. The number of aliphatic hydroxyl groups excluding tert-OH is 1. The summed E-state index contributed by atoms with van der Waals surface area (Å²) in [5, 5.41) is 8.86. The minimum Gasteiger partial charge on any atom is -0.396 e. The second-order valence-corrected chi connectivity index (χ2v) is 3.12. The molecule has 1 nitrogen and oxygen atoms in total. The third-order valence-electron chi connectivity index (χ3n) is 2.28. The van der Waals surface area contributed by atoms with Crippen molar-refractivity contribution in [3.05, 3.63) is 0 Å². The summed E-state index contributed by atoms with van der Waals surface area (Å²) in [4.78, 5) is 0. The van der Waals surface area contributed by atoms with Crippen LogP contribution in [0.15, 0.2) is 0 Å². The molecule has 0 heterocycles. The highest BCUT2D eigenvalue weighted by Crippen LogP contribution is 2.19. The van der Waals surface area contributed by atoms with Crippen LogP contribution in [0, 0.1) is 11.8 Å². The van der Waals surface area contributed by atoms with Crippen molar-refractivity contribution in [1.82, 2.24) is 0 Å². The molecule has 0 amide bonds. The average molecular weight is 174 g/mol. The summed E-state index contributed by atoms with van der Waals surface area (Å²) in [6.45, 7) is 10.9. The lowest BCUT2D eigenvalue weighted by Crippen LogP contribution is -2.14. The first-order chi connectivity index (χ1) is 5.76. The Hall–Kier alpha value is -0.0400. The number of hydrogen-bond acceptors (Lipinski definition) is 1. The van der Waals surface area contributed by atoms with Gasteiger partial charge in [0, 0.05) is 6.61 Å². The van der Waals surface area contributed by atoms with Gasteiger partial charge in [-0.2, -0.15) is 0 Å². The topological polar surface area (TPSA) is 20.2 Å². The van der Waals surface area contributed by atoms with Gasteiger partial charge in [0.25, 0.3) is 0 Å². The molecule has 76 valence electrons. The van der Waals surface area contributed by atoms with E-state index in [9.17, 15) is 0 Å². The quantitative estimate of drug-likeness (QED) is 0.676. The summed E-state index contributed by atoms with van der Waals surface area (Å²) >= 11 is 0. The van der Waals surface area contributed by atoms with E-state index in [4.69, 9.17) is 5.11 Å². The lowest BCUT2D eigenvalue weighted by molar-refractivity contribution is 0.178. The van der Waals surface area contributed by atoms with E-state index in [1.165, 1.54) is 19.3 Å². The molecule has 0 saturated carbocycles. The van der Waals surface area contributed by atoms with E-state index in [1.807, 2.05) is 13.8 Å². The van der Waals surface area contributed by atoms with Crippen LogP contribution in [0.2, 0.25) is 0 Å². The first-order valence-corrected chi connectivity index (χ1v) is 5.37. The van der Waals surface area contributed by atoms with Crippen LogP contribution in [0.25, 0.3) is 0 Å². The molecular formula is C11H26O. The molecule has 2 atom stereocenters. The van der Waals surface area contributed by atoms with Crippen molar-refractivity contribution in [2.45, 2.75) is 53.9 Å². The van der Waals surface area contributed by atoms with E-state index in [2.05, 4.69) is 20.8 Å². The molecule has 0 rings (SSSR count). The van der Waals surface area contributed by atoms with Crippen molar-refractivity contribution in [2.75, 3.05) is 6.61 Å². The van der Waals surface area contributed by atoms with E-state index < -0.39 is 0 Å². The molecule has 0 aromatic heterocycles. The molecule has 0 aromatic rings. The van der Waals surface area contributed by atoms with Crippen molar-refractivity contribution >= 4 is 0 Å². The zero-order chi connectivity index (χ0) is 9.98. The smallest absolute Gasteiger partial charge is 0.0459 e. The predicted octanol–water partition coefficient (Wildman–Crippen LogP) is 3.47. The third-order valence-corrected chi connectivity index (χ3v) is 2.28. The zero-order valence-electron chi connectivity index (χ0n) is 9.43. The van der Waals surface area contributed by atoms with Gasteiger partial charge in [-0.1, -0.05) is 53.9 Å². The molecule has 0 aliphatic rings. The average Bonchev–Trinajstić information content (AvgIpc) is 2.16. The van der Waals surface area contributed by atoms with E-state index in [-0.39, 0.29) is 0 Å². The molecule has 0 radical (unpaired) electrons. The van der Waals surface area contributed by atoms with Crippen molar-refractivity contribution in [3.63, 3.8) is 0 Å². The van der Waals surface area contributed by atoms with Crippen molar-refractivity contribution in [3.8, 4) is 0 Å². The Bertz CT molecular complexity index is 71.4. The molecule has 1 N–H and O–H groups in total. The predicted molar refractivity (Wildman–Crippen MR) is 56.3 cm³/mol. The van der Waals surface area contributed by atoms with E-state index in [1.54, 1.807) is 0 Å². The molecule has 0 bridgehead atoms. The normalized spacial score (nSPS) is 14.5. The fraction of sp³-hybridized carbons (Fsp3) is 1.00. The van der Waals surface area contributed by atoms with Gasteiger partial charge in [0.2, 0.25) is 0 Å². The maximum absolute atomic E-state index is 8.86. The second-order valence-electron chi connectivity index (χ2n) is 3.12. The van der Waals surface area contributed by atoms with E-state index in [0.717, 1.165) is 5.92 Å². The Labute approximate surface area is 78.2 Å². The molecule has 0 aliphatic heterocycles. The molecule has 1 heteroatoms. The summed E-state index contributed by atoms with van der Waals surface area (Å²) < 4.78 is 0. The molecule has 0 fully saturated rings. The number of hydrogen-bond donors (Lipinski definition) is 1. The fourth-order valence-electron chi connectivity index (χ4n) is 1.41. The number of rotatable bonds is 5. The first-order valence-electron chi connectivity index (χ1n) is 5.37. The number of aliphatic hydroxyl groups is 1. The molecule has 0 saturated heterocycles. The van der Waals surface area contributed by atoms with Gasteiger partial charge in [0.1, 0.15) is 0 Å². The maximum Gasteiger partial charge on any atom is 0.0459 e. The van der Waals surface area contributed by atoms with Crippen LogP contribution in [-0.2, 0) is 0 Å². The van der Waals surface area contributed by atoms with Crippen LogP contribution in [0.3, 0.4) is 0 Å². The van der Waals surface area contributed by atoms with Gasteiger partial charge in [-0.25, -0.2) is 0 Å². The summed E-state index contributed by atoms with van der Waals surface area (Å²) in [6.07, 6.45) is 3.70. The fourth-order valence-corrected chi connectivity index (χ4v) is 1.41. The standard InChI is InChI=1S/C9H20O.C2H6/c1-4-6-9(5-2)8(3)7-10;1-2/h8-10H,4-7H2,1-3H3;1-2H3. The van der Waals surface area contributed by atoms with E-state index >= 15 is 0 Å². The van der Waals surface area contributed by atoms with Gasteiger partial charge in [-0.3, -0.25) is 0 Å². The lowest BCUT2D eigenvalue weighted by Gasteiger charge is -2.19. The Kier molecular flexibility index (Phi) is 13.2. The summed E-state index contributed by atoms with van der Waals surface area (Å²) in [7, 11) is 0. The molecular weight excluding hydrogens is 148 g/mol. The van der Waals surface area contributed by atoms with Crippen LogP contribution >= 0.6 is 0 Å². The molecule has 12 heavy (non-hydrogen) atoms. The zero-order valence-corrected chi connectivity index (χ0v) is 9.43. The van der Waals surface area contributed by atoms with Gasteiger partial charge in [-0.05, 0) is 11.8 Å². The highest BCUT2D eigenvalue weighted by Gasteiger charge is 2.12. The maximum atomic E-state index is 8.86. The third kappa shape index (κ3) is 6.66. The summed E-state index contributed by atoms with van der Waals surface area (Å²) in [5.41, 5.74) is 0. The Morgan fingerprint density at radius 2 is 1.67 bits per heavy atom. The van der Waals surface area contributed by atoms with Gasteiger partial charge in [0.05, 0.1) is 0 Å². The lowest BCUT2D eigenvalue weighted by atomic mass is 9.88. The monoisotopic (exact) mass is 174 g/mol. The Morgan fingerprint density at radius 1 is 1.17 bits per heavy atom. The van der Waals surface area contributed by atoms with Crippen LogP contribution in [0.5, 0.6) is 0 Å². The van der Waals surface area contributed by atoms with Crippen molar-refractivity contribution in [1.29, 1.82) is 0 Å². The summed E-state index contributed by atoms with van der Waals surface area (Å²) in [5.74, 6) is 1.22. The van der Waals surface area contributed by atoms with Crippen molar-refractivity contribution in [2.24, 2.45) is 11.8 Å². The van der Waals surface area contributed by atoms with Crippen LogP contribution < -0.4 is 0 Å². The van der Waals surface area contributed by atoms with Crippen LogP contribution in [-0.4, -0.2) is 11.7 Å². The highest BCUT2D eigenvalue weighted by atomic mass is 16.3. The molecule has 0 aliphatic carbocycles. The second kappa shape index (κ2) is 11.0. The summed E-state index contributed by atoms with van der Waals surface area (Å²) in [6, 6.07) is 0. The van der Waals surface area contributed by atoms with Gasteiger partial charge < -0.3 is 5.11 Å². The molecule has 0 spiro atoms. The highest BCUT2D eigenvalue weighted by molar-refractivity contribution is 4.62. The van der Waals surface area contributed by atoms with Gasteiger partial charge >= 0.3 is 0 Å². The van der Waals surface area contributed by atoms with Crippen LogP contribution in [0.1, 0.15) is 53.9 Å². The minimum absolute atomic E-state index is 0.346. The molecule has 2 unspecified atom stereocenters. The Morgan fingerprint density at radius 3 is 1.92 bits per heavy atom.